The normalized spacial score (nSPS) is 13.2. The maximum Gasteiger partial charge on any atom is 0.341 e. The predicted molar refractivity (Wildman–Crippen MR) is 152 cm³/mol. The minimum absolute atomic E-state index is 0.102. The van der Waals surface area contributed by atoms with Crippen LogP contribution in [0.25, 0.3) is 0 Å². The molecule has 1 amide bonds. The van der Waals surface area contributed by atoms with Gasteiger partial charge >= 0.3 is 5.97 Å². The zero-order chi connectivity index (χ0) is 27.4. The van der Waals surface area contributed by atoms with Crippen LogP contribution in [0.15, 0.2) is 29.9 Å². The Morgan fingerprint density at radius 3 is 2.71 bits per heavy atom. The summed E-state index contributed by atoms with van der Waals surface area (Å²) in [5, 5.41) is 13.4. The van der Waals surface area contributed by atoms with E-state index in [1.165, 1.54) is 23.1 Å². The van der Waals surface area contributed by atoms with Crippen LogP contribution in [0.4, 0.5) is 5.00 Å². The van der Waals surface area contributed by atoms with Crippen molar-refractivity contribution < 1.29 is 19.1 Å². The number of allylic oxidation sites excluding steroid dienone is 1. The van der Waals surface area contributed by atoms with E-state index < -0.39 is 6.10 Å². The number of thioether (sulfide) groups is 1. The molecule has 3 aromatic rings. The number of halogens is 1. The maximum absolute atomic E-state index is 12.9. The Morgan fingerprint density at radius 2 is 2.03 bits per heavy atom. The average Bonchev–Trinajstić information content (AvgIpc) is 3.56. The van der Waals surface area contributed by atoms with Gasteiger partial charge in [-0.05, 0) is 75.8 Å². The number of rotatable bonds is 11. The highest BCUT2D eigenvalue weighted by Crippen LogP contribution is 2.39. The van der Waals surface area contributed by atoms with Crippen molar-refractivity contribution in [2.75, 3.05) is 17.7 Å². The van der Waals surface area contributed by atoms with Crippen molar-refractivity contribution >= 4 is 51.6 Å². The Bertz CT molecular complexity index is 1340. The summed E-state index contributed by atoms with van der Waals surface area (Å²) in [7, 11) is 0. The monoisotopic (exact) mass is 574 g/mol. The molecule has 0 fully saturated rings. The van der Waals surface area contributed by atoms with Crippen LogP contribution in [0.3, 0.4) is 0 Å². The highest BCUT2D eigenvalue weighted by atomic mass is 35.5. The number of esters is 1. The molecule has 202 valence electrons. The van der Waals surface area contributed by atoms with E-state index in [1.807, 2.05) is 37.5 Å². The van der Waals surface area contributed by atoms with E-state index in [2.05, 4.69) is 22.1 Å². The number of hydrogen-bond acceptors (Lipinski definition) is 8. The Morgan fingerprint density at radius 1 is 1.29 bits per heavy atom. The average molecular weight is 575 g/mol. The predicted octanol–water partition coefficient (Wildman–Crippen LogP) is 6.33. The van der Waals surface area contributed by atoms with Crippen LogP contribution in [-0.2, 0) is 28.9 Å². The third-order valence-electron chi connectivity index (χ3n) is 6.13. The molecule has 1 aromatic carbocycles. The van der Waals surface area contributed by atoms with Crippen LogP contribution in [-0.4, -0.2) is 39.0 Å². The fourth-order valence-electron chi connectivity index (χ4n) is 4.44. The molecule has 1 aliphatic carbocycles. The van der Waals surface area contributed by atoms with Gasteiger partial charge in [0.25, 0.3) is 0 Å². The van der Waals surface area contributed by atoms with Gasteiger partial charge in [-0.25, -0.2) is 4.79 Å². The van der Waals surface area contributed by atoms with Crippen LogP contribution in [0.2, 0.25) is 5.02 Å². The number of carbonyl (C=O) groups excluding carboxylic acids is 2. The molecule has 0 saturated heterocycles. The molecule has 4 rings (SSSR count). The molecule has 11 heteroatoms. The first-order valence-electron chi connectivity index (χ1n) is 12.4. The van der Waals surface area contributed by atoms with Crippen molar-refractivity contribution in [2.24, 2.45) is 0 Å². The van der Waals surface area contributed by atoms with Gasteiger partial charge in [-0.15, -0.1) is 28.1 Å². The van der Waals surface area contributed by atoms with Crippen molar-refractivity contribution in [1.29, 1.82) is 0 Å². The standard InChI is InChI=1S/C27H31ClN4O4S2/c1-6-11-32-24(17(5)36-18-12-15(3)23(28)16(4)13-18)30-31-27(32)37-14-21(33)29-25-22(26(34)35-7-2)19-9-8-10-20(19)38-25/h6,12-13,17H,1,7-11,14H2,2-5H3,(H,29,33). The van der Waals surface area contributed by atoms with Gasteiger partial charge in [0.05, 0.1) is 17.9 Å². The zero-order valence-electron chi connectivity index (χ0n) is 21.9. The van der Waals surface area contributed by atoms with Crippen LogP contribution in [0, 0.1) is 13.8 Å². The molecule has 1 aliphatic rings. The summed E-state index contributed by atoms with van der Waals surface area (Å²) in [5.41, 5.74) is 3.38. The number of aromatic nitrogens is 3. The number of fused-ring (bicyclic) bond motifs is 1. The van der Waals surface area contributed by atoms with Crippen molar-refractivity contribution in [2.45, 2.75) is 64.8 Å². The topological polar surface area (TPSA) is 95.3 Å². The van der Waals surface area contributed by atoms with Gasteiger partial charge in [0.2, 0.25) is 5.91 Å². The molecule has 1 atom stereocenters. The summed E-state index contributed by atoms with van der Waals surface area (Å²) >= 11 is 9.02. The molecule has 0 radical (unpaired) electrons. The lowest BCUT2D eigenvalue weighted by molar-refractivity contribution is -0.113. The molecule has 0 aliphatic heterocycles. The van der Waals surface area contributed by atoms with Gasteiger partial charge in [0.1, 0.15) is 10.8 Å². The first-order valence-corrected chi connectivity index (χ1v) is 14.6. The molecular weight excluding hydrogens is 544 g/mol. The molecule has 1 N–H and O–H groups in total. The Labute approximate surface area is 235 Å². The van der Waals surface area contributed by atoms with Crippen LogP contribution < -0.4 is 10.1 Å². The summed E-state index contributed by atoms with van der Waals surface area (Å²) in [4.78, 5) is 26.6. The molecule has 0 spiro atoms. The SMILES string of the molecule is C=CCn1c(SCC(=O)Nc2sc3c(c2C(=O)OCC)CCC3)nnc1C(C)Oc1cc(C)c(Cl)c(C)c1. The third kappa shape index (κ3) is 6.08. The van der Waals surface area contributed by atoms with Crippen molar-refractivity contribution in [1.82, 2.24) is 14.8 Å². The summed E-state index contributed by atoms with van der Waals surface area (Å²) < 4.78 is 13.3. The zero-order valence-corrected chi connectivity index (χ0v) is 24.3. The van der Waals surface area contributed by atoms with Crippen molar-refractivity contribution in [3.8, 4) is 5.75 Å². The molecule has 2 heterocycles. The quantitative estimate of drug-likeness (QED) is 0.162. The minimum Gasteiger partial charge on any atom is -0.483 e. The van der Waals surface area contributed by atoms with E-state index in [0.29, 0.717) is 33.8 Å². The smallest absolute Gasteiger partial charge is 0.341 e. The number of thiophene rings is 1. The number of hydrogen-bond donors (Lipinski definition) is 1. The van der Waals surface area contributed by atoms with Gasteiger partial charge < -0.3 is 14.8 Å². The second-order valence-corrected chi connectivity index (χ2v) is 11.4. The number of nitrogens with one attached hydrogen (secondary N) is 1. The maximum atomic E-state index is 12.9. The number of benzene rings is 1. The van der Waals surface area contributed by atoms with E-state index in [-0.39, 0.29) is 24.2 Å². The van der Waals surface area contributed by atoms with E-state index in [1.54, 1.807) is 13.0 Å². The van der Waals surface area contributed by atoms with Crippen LogP contribution in [0.1, 0.15) is 64.1 Å². The highest BCUT2D eigenvalue weighted by molar-refractivity contribution is 7.99. The summed E-state index contributed by atoms with van der Waals surface area (Å²) in [6.07, 6.45) is 4.11. The van der Waals surface area contributed by atoms with Crippen LogP contribution in [0.5, 0.6) is 5.75 Å². The molecule has 38 heavy (non-hydrogen) atoms. The largest absolute Gasteiger partial charge is 0.483 e. The number of amides is 1. The van der Waals surface area contributed by atoms with Crippen molar-refractivity contribution in [3.05, 3.63) is 62.8 Å². The van der Waals surface area contributed by atoms with Gasteiger partial charge in [-0.3, -0.25) is 9.36 Å². The fourth-order valence-corrected chi connectivity index (χ4v) is 6.60. The summed E-state index contributed by atoms with van der Waals surface area (Å²) in [5.74, 6) is 0.804. The Balaban J connectivity index is 1.45. The second kappa shape index (κ2) is 12.4. The van der Waals surface area contributed by atoms with E-state index in [4.69, 9.17) is 21.1 Å². The number of anilines is 1. The first-order chi connectivity index (χ1) is 18.2. The highest BCUT2D eigenvalue weighted by Gasteiger charge is 2.28. The lowest BCUT2D eigenvalue weighted by atomic mass is 10.1. The molecule has 8 nitrogen and oxygen atoms in total. The van der Waals surface area contributed by atoms with E-state index in [9.17, 15) is 9.59 Å². The lowest BCUT2D eigenvalue weighted by Crippen LogP contribution is -2.17. The molecule has 1 unspecified atom stereocenters. The fraction of sp³-hybridized carbons (Fsp3) is 0.407. The van der Waals surface area contributed by atoms with Gasteiger partial charge in [-0.2, -0.15) is 0 Å². The number of aryl methyl sites for hydroxylation is 3. The third-order valence-corrected chi connectivity index (χ3v) is 8.90. The number of carbonyl (C=O) groups is 2. The second-order valence-electron chi connectivity index (χ2n) is 8.99. The Hall–Kier alpha value is -2.82. The molecule has 0 saturated carbocycles. The van der Waals surface area contributed by atoms with Gasteiger partial charge in [-0.1, -0.05) is 29.4 Å². The summed E-state index contributed by atoms with van der Waals surface area (Å²) in [6.45, 7) is 12.1. The lowest BCUT2D eigenvalue weighted by Gasteiger charge is -2.17. The Kier molecular flexibility index (Phi) is 9.17. The minimum atomic E-state index is -0.397. The number of ether oxygens (including phenoxy) is 2. The van der Waals surface area contributed by atoms with E-state index in [0.717, 1.165) is 45.9 Å². The first kappa shape index (κ1) is 28.2. The number of nitrogens with zero attached hydrogens (tertiary/aromatic N) is 3. The van der Waals surface area contributed by atoms with Gasteiger partial charge in [0, 0.05) is 16.4 Å². The van der Waals surface area contributed by atoms with Crippen LogP contribution >= 0.6 is 34.7 Å². The van der Waals surface area contributed by atoms with Crippen molar-refractivity contribution in [3.63, 3.8) is 0 Å². The van der Waals surface area contributed by atoms with Gasteiger partial charge in [0.15, 0.2) is 17.1 Å². The molecular formula is C27H31ClN4O4S2. The molecule has 2 aromatic heterocycles. The molecule has 0 bridgehead atoms. The van der Waals surface area contributed by atoms with E-state index >= 15 is 0 Å². The summed E-state index contributed by atoms with van der Waals surface area (Å²) in [6, 6.07) is 3.79.